The number of alkyl halides is 2. The van der Waals surface area contributed by atoms with Crippen molar-refractivity contribution >= 4 is 23.2 Å². The van der Waals surface area contributed by atoms with Crippen molar-refractivity contribution < 1.29 is 10.2 Å². The molecule has 20 atom stereocenters. The molecule has 8 bridgehead atoms. The fourth-order valence-electron chi connectivity index (χ4n) is 12.0. The maximum Gasteiger partial charge on any atom is 0.0788 e. The van der Waals surface area contributed by atoms with E-state index in [2.05, 4.69) is 42.5 Å². The van der Waals surface area contributed by atoms with Gasteiger partial charge in [0.15, 0.2) is 0 Å². The molecule has 9 rings (SSSR count). The summed E-state index contributed by atoms with van der Waals surface area (Å²) in [5.74, 6) is 2.93. The van der Waals surface area contributed by atoms with Crippen LogP contribution in [0.2, 0.25) is 0 Å². The first-order chi connectivity index (χ1) is 21.5. The first-order valence-corrected chi connectivity index (χ1v) is 19.1. The van der Waals surface area contributed by atoms with Gasteiger partial charge in [-0.25, -0.2) is 0 Å². The van der Waals surface area contributed by atoms with Crippen molar-refractivity contribution in [3.63, 3.8) is 0 Å². The molecule has 5 heterocycles. The Bertz CT molecular complexity index is 986. The number of fused-ring (bicyclic) bond motifs is 20. The Hall–Kier alpha value is 0.180. The minimum Gasteiger partial charge on any atom is -0.391 e. The lowest BCUT2D eigenvalue weighted by Crippen LogP contribution is -2.62. The highest BCUT2D eigenvalue weighted by molar-refractivity contribution is 6.30. The van der Waals surface area contributed by atoms with Gasteiger partial charge in [-0.05, 0) is 74.0 Å². The Morgan fingerprint density at radius 3 is 0.795 bits per heavy atom. The van der Waals surface area contributed by atoms with E-state index < -0.39 is 23.0 Å². The number of rotatable bonds is 0. The topological polar surface area (TPSA) is 137 Å². The van der Waals surface area contributed by atoms with E-state index in [-0.39, 0.29) is 48.8 Å². The second-order valence-corrected chi connectivity index (χ2v) is 17.0. The molecule has 248 valence electrons. The molecule has 0 spiro atoms. The number of nitrogens with one attached hydrogen (secondary N) is 8. The van der Waals surface area contributed by atoms with E-state index >= 15 is 0 Å². The molecule has 10 N–H and O–H groups in total. The van der Waals surface area contributed by atoms with Gasteiger partial charge in [0.1, 0.15) is 0 Å². The van der Waals surface area contributed by atoms with E-state index in [1.54, 1.807) is 0 Å². The molecule has 0 aromatic rings. The van der Waals surface area contributed by atoms with Crippen LogP contribution in [0, 0.1) is 47.3 Å². The second-order valence-electron chi connectivity index (χ2n) is 16.0. The molecule has 5 aliphatic heterocycles. The van der Waals surface area contributed by atoms with Gasteiger partial charge in [0.25, 0.3) is 0 Å². The van der Waals surface area contributed by atoms with Gasteiger partial charge in [0, 0.05) is 11.8 Å². The quantitative estimate of drug-likeness (QED) is 0.173. The van der Waals surface area contributed by atoms with Crippen LogP contribution in [0.5, 0.6) is 0 Å². The molecule has 0 aromatic carbocycles. The first-order valence-electron chi connectivity index (χ1n) is 18.2. The first kappa shape index (κ1) is 30.3. The monoisotopic (exact) mass is 652 g/mol. The van der Waals surface area contributed by atoms with Crippen molar-refractivity contribution in [2.24, 2.45) is 47.3 Å². The summed E-state index contributed by atoms with van der Waals surface area (Å²) in [6.45, 7) is 0. The predicted molar refractivity (Wildman–Crippen MR) is 170 cm³/mol. The maximum atomic E-state index is 11.6. The lowest BCUT2D eigenvalue weighted by Gasteiger charge is -2.44. The van der Waals surface area contributed by atoms with Crippen LogP contribution in [0.4, 0.5) is 0 Å². The van der Waals surface area contributed by atoms with Gasteiger partial charge < -0.3 is 10.2 Å². The lowest BCUT2D eigenvalue weighted by molar-refractivity contribution is -0.0401. The van der Waals surface area contributed by atoms with E-state index in [4.69, 9.17) is 23.2 Å². The van der Waals surface area contributed by atoms with E-state index in [1.807, 2.05) is 0 Å². The third kappa shape index (κ3) is 4.87. The molecule has 12 heteroatoms. The Labute approximate surface area is 272 Å². The van der Waals surface area contributed by atoms with Crippen molar-refractivity contribution in [1.82, 2.24) is 42.5 Å². The maximum absolute atomic E-state index is 11.6. The fraction of sp³-hybridized carbons (Fsp3) is 1.00. The SMILES string of the molecule is OC1C(Cl)C(Cl)C(O)C2C3NC4NC(NC5NC(NC6NC(NC(N3)C12)C1CCCCC61)C1CCCCC51)C1CCCCC41. The largest absolute Gasteiger partial charge is 0.391 e. The second kappa shape index (κ2) is 11.9. The van der Waals surface area contributed by atoms with Crippen molar-refractivity contribution in [2.45, 2.75) is 149 Å². The Balaban J connectivity index is 1.08. The van der Waals surface area contributed by atoms with Gasteiger partial charge in [-0.3, -0.25) is 42.5 Å². The number of hydrogen-bond acceptors (Lipinski definition) is 10. The van der Waals surface area contributed by atoms with E-state index in [9.17, 15) is 10.2 Å². The van der Waals surface area contributed by atoms with Crippen LogP contribution in [0.25, 0.3) is 0 Å². The molecule has 9 aliphatic rings. The lowest BCUT2D eigenvalue weighted by atomic mass is 9.74. The summed E-state index contributed by atoms with van der Waals surface area (Å²) in [4.78, 5) is 0. The van der Waals surface area contributed by atoms with Crippen molar-refractivity contribution in [1.29, 1.82) is 0 Å². The van der Waals surface area contributed by atoms with Crippen molar-refractivity contribution in [3.05, 3.63) is 0 Å². The van der Waals surface area contributed by atoms with E-state index in [0.717, 1.165) is 0 Å². The highest BCUT2D eigenvalue weighted by Crippen LogP contribution is 2.47. The van der Waals surface area contributed by atoms with Crippen LogP contribution in [0.15, 0.2) is 0 Å². The van der Waals surface area contributed by atoms with Crippen molar-refractivity contribution in [2.75, 3.05) is 0 Å². The zero-order chi connectivity index (χ0) is 29.7. The minimum atomic E-state index is -0.819. The minimum absolute atomic E-state index is 0.114. The highest BCUT2D eigenvalue weighted by atomic mass is 35.5. The Morgan fingerprint density at radius 2 is 0.545 bits per heavy atom. The smallest absolute Gasteiger partial charge is 0.0788 e. The van der Waals surface area contributed by atoms with Crippen LogP contribution in [-0.2, 0) is 0 Å². The molecule has 4 aliphatic carbocycles. The molecule has 5 saturated heterocycles. The molecule has 0 amide bonds. The Morgan fingerprint density at radius 1 is 0.341 bits per heavy atom. The predicted octanol–water partition coefficient (Wildman–Crippen LogP) is 0.982. The summed E-state index contributed by atoms with van der Waals surface area (Å²) in [6.07, 6.45) is 14.5. The summed E-state index contributed by atoms with van der Waals surface area (Å²) in [5, 5.41) is 54.1. The number of aliphatic hydroxyl groups excluding tert-OH is 2. The molecular formula is C32H54Cl2N8O2. The average Bonchev–Trinajstić information content (AvgIpc) is 3.78. The van der Waals surface area contributed by atoms with Crippen LogP contribution >= 0.6 is 23.2 Å². The summed E-state index contributed by atoms with van der Waals surface area (Å²) in [7, 11) is 0. The zero-order valence-corrected chi connectivity index (χ0v) is 27.2. The van der Waals surface area contributed by atoms with Crippen LogP contribution < -0.4 is 42.5 Å². The molecular weight excluding hydrogens is 599 g/mol. The van der Waals surface area contributed by atoms with Crippen molar-refractivity contribution in [3.8, 4) is 0 Å². The fourth-order valence-corrected chi connectivity index (χ4v) is 12.6. The molecule has 9 fully saturated rings. The average molecular weight is 654 g/mol. The molecule has 4 saturated carbocycles. The summed E-state index contributed by atoms with van der Waals surface area (Å²) >= 11 is 13.4. The summed E-state index contributed by atoms with van der Waals surface area (Å²) in [6, 6.07) is 0. The summed E-state index contributed by atoms with van der Waals surface area (Å²) in [5.41, 5.74) is 0. The number of halogens is 2. The molecule has 0 aromatic heterocycles. The third-order valence-electron chi connectivity index (χ3n) is 14.0. The Kier molecular flexibility index (Phi) is 8.22. The van der Waals surface area contributed by atoms with Gasteiger partial charge in [0.2, 0.25) is 0 Å². The van der Waals surface area contributed by atoms with Gasteiger partial charge in [-0.1, -0.05) is 38.5 Å². The highest BCUT2D eigenvalue weighted by Gasteiger charge is 2.60. The third-order valence-corrected chi connectivity index (χ3v) is 15.2. The molecule has 10 nitrogen and oxygen atoms in total. The van der Waals surface area contributed by atoms with E-state index in [0.29, 0.717) is 47.8 Å². The molecule has 20 unspecified atom stereocenters. The van der Waals surface area contributed by atoms with Gasteiger partial charge in [-0.15, -0.1) is 23.2 Å². The van der Waals surface area contributed by atoms with Crippen LogP contribution in [0.3, 0.4) is 0 Å². The molecule has 0 radical (unpaired) electrons. The summed E-state index contributed by atoms with van der Waals surface area (Å²) < 4.78 is 0. The number of hydrogen-bond donors (Lipinski definition) is 10. The number of aliphatic hydroxyl groups is 2. The van der Waals surface area contributed by atoms with E-state index in [1.165, 1.54) is 77.0 Å². The van der Waals surface area contributed by atoms with Gasteiger partial charge in [0.05, 0.1) is 72.3 Å². The van der Waals surface area contributed by atoms with Crippen LogP contribution in [-0.4, -0.2) is 82.5 Å². The zero-order valence-electron chi connectivity index (χ0n) is 25.7. The van der Waals surface area contributed by atoms with Gasteiger partial charge >= 0.3 is 0 Å². The van der Waals surface area contributed by atoms with Crippen LogP contribution in [0.1, 0.15) is 77.0 Å². The van der Waals surface area contributed by atoms with Gasteiger partial charge in [-0.2, -0.15) is 0 Å². The standard InChI is InChI=1S/C32H54Cl2N8O2/c33-21-22(34)24(44)20-19(23(21)43)31-40-29-17-11-5-3-9-15(17)27(38-29)36-25-13-7-1-2-8-14(13)26(35-25)37-28-16-10-4-6-12-18(16)30(39-28)41-32(20)42-31/h13-32,35-44H,1-12H2. The normalized spacial score (nSPS) is 60.3. The molecule has 44 heavy (non-hydrogen) atoms.